The highest BCUT2D eigenvalue weighted by Gasteiger charge is 2.48. The molecule has 5 heterocycles. The van der Waals surface area contributed by atoms with E-state index in [-0.39, 0.29) is 47.8 Å². The van der Waals surface area contributed by atoms with Gasteiger partial charge in [-0.25, -0.2) is 37.9 Å². The first kappa shape index (κ1) is 37.4. The number of piperidine rings is 2. The number of hydrogen-bond acceptors (Lipinski definition) is 9. The lowest BCUT2D eigenvalue weighted by Gasteiger charge is -2.52. The zero-order valence-corrected chi connectivity index (χ0v) is 30.1. The molecule has 3 aromatic heterocycles. The maximum Gasteiger partial charge on any atom is 0.410 e. The van der Waals surface area contributed by atoms with Crippen LogP contribution in [0.3, 0.4) is 0 Å². The number of anilines is 1. The van der Waals surface area contributed by atoms with Gasteiger partial charge in [-0.2, -0.15) is 4.39 Å². The molecular formula is C38H41F4N7O4. The molecule has 1 aromatic carbocycles. The number of fused-ring (bicyclic) bond motifs is 3. The van der Waals surface area contributed by atoms with E-state index in [4.69, 9.17) is 9.47 Å². The number of alkyl halides is 2. The van der Waals surface area contributed by atoms with E-state index in [0.29, 0.717) is 25.7 Å². The Hall–Kier alpha value is -5.34. The van der Waals surface area contributed by atoms with Crippen molar-refractivity contribution in [2.45, 2.75) is 90.5 Å². The van der Waals surface area contributed by atoms with E-state index in [1.807, 2.05) is 32.0 Å². The minimum atomic E-state index is -2.70. The number of hydrogen-bond donors (Lipinski definition) is 2. The summed E-state index contributed by atoms with van der Waals surface area (Å²) in [4.78, 5) is 45.3. The number of halogens is 4. The molecule has 4 aromatic rings. The van der Waals surface area contributed by atoms with Gasteiger partial charge in [-0.3, -0.25) is 4.79 Å². The van der Waals surface area contributed by atoms with Gasteiger partial charge in [0.25, 0.3) is 18.3 Å². The standard InChI is InChI=1S/C38H41F4N7O4/c1-21-6-7-23(14-22(21)2)16-44-34-33(42)47-28(18-45-34)32-31(41)26(15-27(46-32)24-8-9-30(43-17-24)52-19-29(39)40)35(50)48-38-12-10-25(11-13-38)49(20-38)36(51)53-37(3,4)5/h6-9,14-15,17-18,25,29H,10-13,16,19-20H2,1-5H3,(H,44,45)(H,48,50). The molecule has 3 aliphatic rings. The zero-order valence-electron chi connectivity index (χ0n) is 30.1. The highest BCUT2D eigenvalue weighted by Crippen LogP contribution is 2.39. The Morgan fingerprint density at radius 3 is 2.38 bits per heavy atom. The fraction of sp³-hybridized carbons (Fsp3) is 0.421. The van der Waals surface area contributed by atoms with Crippen molar-refractivity contribution in [3.63, 3.8) is 0 Å². The molecule has 2 saturated heterocycles. The summed E-state index contributed by atoms with van der Waals surface area (Å²) in [6.45, 7) is 8.88. The molecule has 53 heavy (non-hydrogen) atoms. The van der Waals surface area contributed by atoms with Gasteiger partial charge in [-0.05, 0) is 89.1 Å². The van der Waals surface area contributed by atoms with Gasteiger partial charge in [0, 0.05) is 37.0 Å². The van der Waals surface area contributed by atoms with Crippen molar-refractivity contribution in [2.24, 2.45) is 0 Å². The predicted molar refractivity (Wildman–Crippen MR) is 189 cm³/mol. The molecule has 2 bridgehead atoms. The lowest BCUT2D eigenvalue weighted by Crippen LogP contribution is -2.66. The third-order valence-corrected chi connectivity index (χ3v) is 9.43. The summed E-state index contributed by atoms with van der Waals surface area (Å²) in [6, 6.07) is 9.83. The van der Waals surface area contributed by atoms with Gasteiger partial charge in [0.05, 0.1) is 23.0 Å². The van der Waals surface area contributed by atoms with Crippen LogP contribution in [0.15, 0.2) is 48.8 Å². The summed E-state index contributed by atoms with van der Waals surface area (Å²) in [7, 11) is 0. The van der Waals surface area contributed by atoms with Gasteiger partial charge in [0.15, 0.2) is 18.2 Å². The number of carbonyl (C=O) groups is 2. The van der Waals surface area contributed by atoms with E-state index in [1.165, 1.54) is 24.4 Å². The van der Waals surface area contributed by atoms with Crippen molar-refractivity contribution in [2.75, 3.05) is 18.5 Å². The number of amides is 2. The quantitative estimate of drug-likeness (QED) is 0.160. The van der Waals surface area contributed by atoms with Crippen LogP contribution in [0.25, 0.3) is 22.6 Å². The molecule has 2 N–H and O–H groups in total. The van der Waals surface area contributed by atoms with Crippen LogP contribution in [0.4, 0.5) is 28.2 Å². The number of pyridine rings is 2. The lowest BCUT2D eigenvalue weighted by atomic mass is 9.73. The van der Waals surface area contributed by atoms with E-state index < -0.39 is 59.2 Å². The number of benzene rings is 1. The number of carbonyl (C=O) groups excluding carboxylic acids is 2. The number of ether oxygens (including phenoxy) is 2. The lowest BCUT2D eigenvalue weighted by molar-refractivity contribution is -0.0254. The van der Waals surface area contributed by atoms with Gasteiger partial charge in [-0.15, -0.1) is 0 Å². The second-order valence-electron chi connectivity index (χ2n) is 14.5. The van der Waals surface area contributed by atoms with Crippen LogP contribution in [0.5, 0.6) is 5.88 Å². The first-order valence-electron chi connectivity index (χ1n) is 17.3. The molecule has 2 amide bonds. The third kappa shape index (κ3) is 8.66. The Morgan fingerprint density at radius 1 is 0.981 bits per heavy atom. The van der Waals surface area contributed by atoms with Gasteiger partial charge >= 0.3 is 6.09 Å². The minimum absolute atomic E-state index is 0.0356. The third-order valence-electron chi connectivity index (χ3n) is 9.43. The summed E-state index contributed by atoms with van der Waals surface area (Å²) >= 11 is 0. The van der Waals surface area contributed by atoms with Crippen molar-refractivity contribution >= 4 is 17.8 Å². The fourth-order valence-corrected chi connectivity index (χ4v) is 6.56. The minimum Gasteiger partial charge on any atom is -0.472 e. The number of aryl methyl sites for hydroxylation is 2. The first-order chi connectivity index (χ1) is 25.1. The van der Waals surface area contributed by atoms with Crippen LogP contribution in [-0.2, 0) is 11.3 Å². The van der Waals surface area contributed by atoms with Gasteiger partial charge in [0.1, 0.15) is 17.0 Å². The SMILES string of the molecule is Cc1ccc(CNc2ncc(-c3nc(-c4ccc(OCC(F)F)nc4)cc(C(=O)NC45CCC(CC4)N(C(=O)OC(C)(C)C)C5)c3F)nc2F)cc1C. The molecule has 2 aliphatic heterocycles. The van der Waals surface area contributed by atoms with E-state index in [9.17, 15) is 18.4 Å². The smallest absolute Gasteiger partial charge is 0.410 e. The molecule has 0 radical (unpaired) electrons. The molecule has 280 valence electrons. The zero-order chi connectivity index (χ0) is 38.1. The van der Waals surface area contributed by atoms with Crippen molar-refractivity contribution < 1.29 is 36.6 Å². The topological polar surface area (TPSA) is 131 Å². The summed E-state index contributed by atoms with van der Waals surface area (Å²) < 4.78 is 67.8. The molecule has 0 spiro atoms. The average molecular weight is 736 g/mol. The van der Waals surface area contributed by atoms with Crippen molar-refractivity contribution in [3.05, 3.63) is 82.8 Å². The Morgan fingerprint density at radius 2 is 1.74 bits per heavy atom. The largest absolute Gasteiger partial charge is 0.472 e. The van der Waals surface area contributed by atoms with Crippen LogP contribution in [-0.4, -0.2) is 73.6 Å². The van der Waals surface area contributed by atoms with Crippen LogP contribution in [0.1, 0.15) is 73.5 Å². The number of rotatable bonds is 10. The fourth-order valence-electron chi connectivity index (χ4n) is 6.56. The van der Waals surface area contributed by atoms with E-state index in [1.54, 1.807) is 25.7 Å². The first-order valence-corrected chi connectivity index (χ1v) is 17.3. The molecule has 3 fully saturated rings. The monoisotopic (exact) mass is 735 g/mol. The Bertz CT molecular complexity index is 2000. The summed E-state index contributed by atoms with van der Waals surface area (Å²) in [5, 5.41) is 5.91. The van der Waals surface area contributed by atoms with Crippen LogP contribution >= 0.6 is 0 Å². The van der Waals surface area contributed by atoms with Crippen molar-refractivity contribution in [3.8, 4) is 28.5 Å². The summed E-state index contributed by atoms with van der Waals surface area (Å²) in [5.41, 5.74) is 0.763. The van der Waals surface area contributed by atoms with E-state index in [0.717, 1.165) is 22.9 Å². The van der Waals surface area contributed by atoms with E-state index >= 15 is 8.78 Å². The van der Waals surface area contributed by atoms with Crippen LogP contribution in [0.2, 0.25) is 0 Å². The highest BCUT2D eigenvalue weighted by atomic mass is 19.3. The second kappa shape index (κ2) is 15.0. The predicted octanol–water partition coefficient (Wildman–Crippen LogP) is 7.41. The van der Waals surface area contributed by atoms with Gasteiger partial charge in [-0.1, -0.05) is 18.2 Å². The highest BCUT2D eigenvalue weighted by molar-refractivity contribution is 5.97. The van der Waals surface area contributed by atoms with Gasteiger partial charge in [0.2, 0.25) is 5.88 Å². The molecule has 15 heteroatoms. The number of aromatic nitrogens is 4. The molecule has 1 aliphatic carbocycles. The summed E-state index contributed by atoms with van der Waals surface area (Å²) in [6.07, 6.45) is 1.61. The second-order valence-corrected chi connectivity index (χ2v) is 14.5. The van der Waals surface area contributed by atoms with Crippen molar-refractivity contribution in [1.82, 2.24) is 30.2 Å². The van der Waals surface area contributed by atoms with Crippen LogP contribution < -0.4 is 15.4 Å². The summed E-state index contributed by atoms with van der Waals surface area (Å²) in [5.74, 6) is -3.09. The van der Waals surface area contributed by atoms with Gasteiger partial charge < -0.3 is 25.0 Å². The number of nitrogens with one attached hydrogen (secondary N) is 2. The molecule has 0 atom stereocenters. The maximum absolute atomic E-state index is 16.5. The molecule has 7 rings (SSSR count). The van der Waals surface area contributed by atoms with E-state index in [2.05, 4.69) is 30.6 Å². The Labute approximate surface area is 304 Å². The molecular weight excluding hydrogens is 694 g/mol. The molecule has 1 saturated carbocycles. The molecule has 0 unspecified atom stereocenters. The Kier molecular flexibility index (Phi) is 10.6. The number of nitrogens with zero attached hydrogens (tertiary/aromatic N) is 5. The van der Waals surface area contributed by atoms with Crippen molar-refractivity contribution in [1.29, 1.82) is 0 Å². The molecule has 11 nitrogen and oxygen atoms in total. The van der Waals surface area contributed by atoms with Crippen LogP contribution in [0, 0.1) is 25.6 Å². The average Bonchev–Trinajstić information content (AvgIpc) is 3.11. The normalized spacial score (nSPS) is 18.2. The Balaban J connectivity index is 1.31. The maximum atomic E-state index is 16.5.